The van der Waals surface area contributed by atoms with E-state index < -0.39 is 11.8 Å². The van der Waals surface area contributed by atoms with Crippen molar-refractivity contribution in [2.24, 2.45) is 11.8 Å². The first kappa shape index (κ1) is 18.7. The first-order valence-corrected chi connectivity index (χ1v) is 8.59. The first-order chi connectivity index (χ1) is 11.3. The van der Waals surface area contributed by atoms with Gasteiger partial charge in [0.05, 0.1) is 25.9 Å². The minimum atomic E-state index is -0.921. The molecule has 1 aromatic carbocycles. The van der Waals surface area contributed by atoms with E-state index in [0.29, 0.717) is 25.7 Å². The molecule has 0 bridgehead atoms. The molecule has 0 spiro atoms. The van der Waals surface area contributed by atoms with Gasteiger partial charge in [-0.2, -0.15) is 0 Å². The third-order valence-electron chi connectivity index (χ3n) is 4.74. The Morgan fingerprint density at radius 1 is 1.38 bits per heavy atom. The molecule has 0 radical (unpaired) electrons. The Labute approximate surface area is 144 Å². The van der Waals surface area contributed by atoms with Gasteiger partial charge in [-0.1, -0.05) is 44.2 Å². The van der Waals surface area contributed by atoms with Crippen molar-refractivity contribution in [1.29, 1.82) is 0 Å². The van der Waals surface area contributed by atoms with Gasteiger partial charge >= 0.3 is 6.09 Å². The zero-order chi connectivity index (χ0) is 17.7. The molecule has 1 aromatic rings. The van der Waals surface area contributed by atoms with Crippen molar-refractivity contribution < 1.29 is 19.4 Å². The van der Waals surface area contributed by atoms with Crippen molar-refractivity contribution >= 4 is 6.09 Å². The number of amides is 1. The fraction of sp³-hybridized carbons (Fsp3) is 0.632. The summed E-state index contributed by atoms with van der Waals surface area (Å²) in [7, 11) is 0. The number of carboxylic acid groups (broad SMARTS) is 1. The fourth-order valence-electron chi connectivity index (χ4n) is 3.23. The number of rotatable bonds is 7. The zero-order valence-electron chi connectivity index (χ0n) is 15.1. The fourth-order valence-corrected chi connectivity index (χ4v) is 3.23. The molecule has 0 aliphatic carbocycles. The standard InChI is InChI=1S/C19H29NO4/c1-14(2)16(12-23-11-15-8-6-5-7-9-15)10-17-13-24-19(3,4)20(17)18(21)22/h5-9,14,16-17H,10-13H2,1-4H3,(H,21,22). The van der Waals surface area contributed by atoms with Crippen LogP contribution in [0, 0.1) is 11.8 Å². The average molecular weight is 335 g/mol. The maximum absolute atomic E-state index is 11.6. The molecule has 0 aromatic heterocycles. The molecule has 1 saturated heterocycles. The van der Waals surface area contributed by atoms with Gasteiger partial charge in [0.2, 0.25) is 0 Å². The van der Waals surface area contributed by atoms with Gasteiger partial charge < -0.3 is 14.6 Å². The van der Waals surface area contributed by atoms with Gasteiger partial charge in [0.15, 0.2) is 0 Å². The number of benzene rings is 1. The maximum atomic E-state index is 11.6. The Hall–Kier alpha value is -1.59. The molecule has 1 aliphatic heterocycles. The largest absolute Gasteiger partial charge is 0.465 e. The highest BCUT2D eigenvalue weighted by Crippen LogP contribution is 2.32. The van der Waals surface area contributed by atoms with Gasteiger partial charge in [-0.05, 0) is 37.7 Å². The molecule has 0 saturated carbocycles. The number of nitrogens with zero attached hydrogens (tertiary/aromatic N) is 1. The van der Waals surface area contributed by atoms with Crippen molar-refractivity contribution in [2.45, 2.75) is 52.5 Å². The number of hydrogen-bond acceptors (Lipinski definition) is 3. The summed E-state index contributed by atoms with van der Waals surface area (Å²) >= 11 is 0. The highest BCUT2D eigenvalue weighted by atomic mass is 16.5. The van der Waals surface area contributed by atoms with E-state index in [-0.39, 0.29) is 12.0 Å². The van der Waals surface area contributed by atoms with Crippen LogP contribution in [0.3, 0.4) is 0 Å². The van der Waals surface area contributed by atoms with Gasteiger partial charge in [0, 0.05) is 0 Å². The Bertz CT molecular complexity index is 529. The lowest BCUT2D eigenvalue weighted by molar-refractivity contribution is -0.0432. The van der Waals surface area contributed by atoms with E-state index in [0.717, 1.165) is 12.0 Å². The van der Waals surface area contributed by atoms with Gasteiger partial charge in [-0.25, -0.2) is 4.79 Å². The van der Waals surface area contributed by atoms with Crippen LogP contribution in [0.2, 0.25) is 0 Å². The molecular formula is C19H29NO4. The summed E-state index contributed by atoms with van der Waals surface area (Å²) in [6, 6.07) is 9.96. The average Bonchev–Trinajstić information content (AvgIpc) is 2.81. The second kappa shape index (κ2) is 7.99. The van der Waals surface area contributed by atoms with Crippen molar-refractivity contribution in [2.75, 3.05) is 13.2 Å². The van der Waals surface area contributed by atoms with Crippen LogP contribution >= 0.6 is 0 Å². The third-order valence-corrected chi connectivity index (χ3v) is 4.74. The summed E-state index contributed by atoms with van der Waals surface area (Å²) < 4.78 is 11.6. The molecule has 1 amide bonds. The van der Waals surface area contributed by atoms with E-state index in [1.54, 1.807) is 13.8 Å². The van der Waals surface area contributed by atoms with Gasteiger partial charge in [0.1, 0.15) is 5.72 Å². The lowest BCUT2D eigenvalue weighted by Gasteiger charge is -2.33. The normalized spacial score (nSPS) is 21.2. The van der Waals surface area contributed by atoms with E-state index in [1.807, 2.05) is 30.3 Å². The van der Waals surface area contributed by atoms with Crippen LogP contribution in [0.25, 0.3) is 0 Å². The third kappa shape index (κ3) is 4.71. The second-order valence-corrected chi connectivity index (χ2v) is 7.30. The molecule has 2 unspecified atom stereocenters. The summed E-state index contributed by atoms with van der Waals surface area (Å²) in [6.45, 7) is 9.57. The minimum absolute atomic E-state index is 0.120. The quantitative estimate of drug-likeness (QED) is 0.819. The monoisotopic (exact) mass is 335 g/mol. The molecule has 1 fully saturated rings. The number of carbonyl (C=O) groups is 1. The molecule has 1 N–H and O–H groups in total. The predicted molar refractivity (Wildman–Crippen MR) is 92.7 cm³/mol. The van der Waals surface area contributed by atoms with E-state index in [1.165, 1.54) is 4.90 Å². The van der Waals surface area contributed by atoms with Crippen LogP contribution in [-0.2, 0) is 16.1 Å². The lowest BCUT2D eigenvalue weighted by Crippen LogP contribution is -2.48. The van der Waals surface area contributed by atoms with Crippen molar-refractivity contribution in [3.8, 4) is 0 Å². The smallest absolute Gasteiger partial charge is 0.409 e. The maximum Gasteiger partial charge on any atom is 0.409 e. The molecule has 1 heterocycles. The van der Waals surface area contributed by atoms with E-state index in [9.17, 15) is 9.90 Å². The SMILES string of the molecule is CC(C)C(COCc1ccccc1)CC1COC(C)(C)N1C(=O)O. The summed E-state index contributed by atoms with van der Waals surface area (Å²) in [5.41, 5.74) is 0.389. The Kier molecular flexibility index (Phi) is 6.24. The number of hydrogen-bond donors (Lipinski definition) is 1. The molecule has 134 valence electrons. The molecule has 2 rings (SSSR count). The zero-order valence-corrected chi connectivity index (χ0v) is 15.1. The van der Waals surface area contributed by atoms with Crippen LogP contribution in [0.5, 0.6) is 0 Å². The Morgan fingerprint density at radius 3 is 2.62 bits per heavy atom. The van der Waals surface area contributed by atoms with Crippen LogP contribution in [-0.4, -0.2) is 41.1 Å². The second-order valence-electron chi connectivity index (χ2n) is 7.30. The molecule has 1 aliphatic rings. The first-order valence-electron chi connectivity index (χ1n) is 8.59. The predicted octanol–water partition coefficient (Wildman–Crippen LogP) is 3.98. The highest BCUT2D eigenvalue weighted by molar-refractivity contribution is 5.66. The van der Waals surface area contributed by atoms with Crippen LogP contribution < -0.4 is 0 Å². The van der Waals surface area contributed by atoms with E-state index in [2.05, 4.69) is 13.8 Å². The summed E-state index contributed by atoms with van der Waals surface area (Å²) in [5.74, 6) is 0.707. The molecular weight excluding hydrogens is 306 g/mol. The Balaban J connectivity index is 1.92. The van der Waals surface area contributed by atoms with E-state index in [4.69, 9.17) is 9.47 Å². The highest BCUT2D eigenvalue weighted by Gasteiger charge is 2.44. The topological polar surface area (TPSA) is 59.0 Å². The van der Waals surface area contributed by atoms with Gasteiger partial charge in [-0.15, -0.1) is 0 Å². The lowest BCUT2D eigenvalue weighted by atomic mass is 9.89. The summed E-state index contributed by atoms with van der Waals surface area (Å²) in [6.07, 6.45) is -0.169. The summed E-state index contributed by atoms with van der Waals surface area (Å²) in [5, 5.41) is 9.51. The minimum Gasteiger partial charge on any atom is -0.465 e. The van der Waals surface area contributed by atoms with Gasteiger partial charge in [-0.3, -0.25) is 4.90 Å². The Morgan fingerprint density at radius 2 is 2.04 bits per heavy atom. The van der Waals surface area contributed by atoms with Crippen LogP contribution in [0.1, 0.15) is 39.7 Å². The molecule has 2 atom stereocenters. The number of ether oxygens (including phenoxy) is 2. The van der Waals surface area contributed by atoms with Crippen molar-refractivity contribution in [3.63, 3.8) is 0 Å². The van der Waals surface area contributed by atoms with Gasteiger partial charge in [0.25, 0.3) is 0 Å². The van der Waals surface area contributed by atoms with Crippen LogP contribution in [0.4, 0.5) is 4.79 Å². The molecule has 5 nitrogen and oxygen atoms in total. The molecule has 24 heavy (non-hydrogen) atoms. The van der Waals surface area contributed by atoms with E-state index >= 15 is 0 Å². The molecule has 5 heteroatoms. The van der Waals surface area contributed by atoms with Crippen molar-refractivity contribution in [1.82, 2.24) is 4.90 Å². The van der Waals surface area contributed by atoms with Crippen molar-refractivity contribution in [3.05, 3.63) is 35.9 Å². The van der Waals surface area contributed by atoms with Crippen LogP contribution in [0.15, 0.2) is 30.3 Å². The summed E-state index contributed by atoms with van der Waals surface area (Å²) in [4.78, 5) is 13.0.